The van der Waals surface area contributed by atoms with Crippen molar-refractivity contribution in [2.45, 2.75) is 32.6 Å². The fourth-order valence-corrected chi connectivity index (χ4v) is 1.93. The van der Waals surface area contributed by atoms with Crippen LogP contribution in [-0.2, 0) is 11.8 Å². The van der Waals surface area contributed by atoms with E-state index in [0.717, 1.165) is 18.5 Å². The Morgan fingerprint density at radius 1 is 1.53 bits per heavy atom. The van der Waals surface area contributed by atoms with E-state index < -0.39 is 11.4 Å². The summed E-state index contributed by atoms with van der Waals surface area (Å²) in [5.74, 6) is -0.758. The van der Waals surface area contributed by atoms with E-state index in [9.17, 15) is 9.59 Å². The summed E-state index contributed by atoms with van der Waals surface area (Å²) in [6.07, 6.45) is 3.72. The summed E-state index contributed by atoms with van der Waals surface area (Å²) in [6.45, 7) is 3.27. The van der Waals surface area contributed by atoms with Crippen molar-refractivity contribution in [2.75, 3.05) is 6.54 Å². The van der Waals surface area contributed by atoms with Crippen molar-refractivity contribution in [1.82, 2.24) is 15.1 Å². The lowest BCUT2D eigenvalue weighted by atomic mass is 9.94. The fraction of sp³-hybridized carbons (Fsp3) is 0.615. The molecule has 0 spiro atoms. The van der Waals surface area contributed by atoms with E-state index in [4.69, 9.17) is 5.11 Å². The van der Waals surface area contributed by atoms with Gasteiger partial charge in [-0.25, -0.2) is 0 Å². The van der Waals surface area contributed by atoms with Gasteiger partial charge < -0.3 is 10.4 Å². The SMILES string of the molecule is Cn1ncc(C(=O)NCC(C)(C)C(=O)O)c1C1CC1. The van der Waals surface area contributed by atoms with Gasteiger partial charge in [0.05, 0.1) is 22.9 Å². The largest absolute Gasteiger partial charge is 0.481 e. The first-order valence-electron chi connectivity index (χ1n) is 6.36. The number of nitrogens with zero attached hydrogens (tertiary/aromatic N) is 2. The van der Waals surface area contributed by atoms with Crippen LogP contribution < -0.4 is 5.32 Å². The van der Waals surface area contributed by atoms with Gasteiger partial charge in [-0.2, -0.15) is 5.10 Å². The van der Waals surface area contributed by atoms with Crippen LogP contribution >= 0.6 is 0 Å². The van der Waals surface area contributed by atoms with Crippen LogP contribution in [0.15, 0.2) is 6.20 Å². The maximum absolute atomic E-state index is 12.1. The minimum absolute atomic E-state index is 0.0974. The summed E-state index contributed by atoms with van der Waals surface area (Å²) in [6, 6.07) is 0. The Morgan fingerprint density at radius 3 is 2.68 bits per heavy atom. The van der Waals surface area contributed by atoms with Gasteiger partial charge in [-0.05, 0) is 26.7 Å². The molecule has 2 N–H and O–H groups in total. The maximum atomic E-state index is 12.1. The zero-order valence-corrected chi connectivity index (χ0v) is 11.4. The van der Waals surface area contributed by atoms with Crippen molar-refractivity contribution in [3.63, 3.8) is 0 Å². The Balaban J connectivity index is 2.07. The number of carbonyl (C=O) groups excluding carboxylic acids is 1. The normalized spacial score (nSPS) is 15.3. The monoisotopic (exact) mass is 265 g/mol. The predicted octanol–water partition coefficient (Wildman–Crippen LogP) is 1.14. The molecule has 6 heteroatoms. The van der Waals surface area contributed by atoms with Crippen LogP contribution in [0.1, 0.15) is 48.7 Å². The first-order chi connectivity index (χ1) is 8.83. The number of carboxylic acids is 1. The average Bonchev–Trinajstić information content (AvgIpc) is 3.09. The molecule has 1 aromatic rings. The lowest BCUT2D eigenvalue weighted by molar-refractivity contribution is -0.146. The molecule has 1 aliphatic carbocycles. The molecule has 0 atom stereocenters. The third-order valence-corrected chi connectivity index (χ3v) is 3.46. The van der Waals surface area contributed by atoms with Gasteiger partial charge in [-0.15, -0.1) is 0 Å². The first-order valence-corrected chi connectivity index (χ1v) is 6.36. The highest BCUT2D eigenvalue weighted by Gasteiger charge is 2.33. The van der Waals surface area contributed by atoms with Gasteiger partial charge in [0.25, 0.3) is 5.91 Å². The molecule has 0 aliphatic heterocycles. The van der Waals surface area contributed by atoms with Crippen molar-refractivity contribution in [1.29, 1.82) is 0 Å². The number of aromatic nitrogens is 2. The Bertz CT molecular complexity index is 515. The Labute approximate surface area is 111 Å². The Kier molecular flexibility index (Phi) is 3.34. The number of carbonyl (C=O) groups is 2. The second-order valence-electron chi connectivity index (χ2n) is 5.71. The molecular formula is C13H19N3O3. The van der Waals surface area contributed by atoms with E-state index in [0.29, 0.717) is 11.5 Å². The van der Waals surface area contributed by atoms with Gasteiger partial charge in [0.2, 0.25) is 0 Å². The van der Waals surface area contributed by atoms with E-state index in [1.165, 1.54) is 0 Å². The highest BCUT2D eigenvalue weighted by Crippen LogP contribution is 2.41. The number of aliphatic carboxylic acids is 1. The molecule has 6 nitrogen and oxygen atoms in total. The van der Waals surface area contributed by atoms with Crippen LogP contribution in [0.2, 0.25) is 0 Å². The van der Waals surface area contributed by atoms with E-state index in [-0.39, 0.29) is 12.5 Å². The molecule has 1 amide bonds. The second kappa shape index (κ2) is 4.68. The summed E-state index contributed by atoms with van der Waals surface area (Å²) in [7, 11) is 1.83. The highest BCUT2D eigenvalue weighted by atomic mass is 16.4. The smallest absolute Gasteiger partial charge is 0.310 e. The molecule has 2 rings (SSSR count). The summed E-state index contributed by atoms with van der Waals surface area (Å²) < 4.78 is 1.73. The van der Waals surface area contributed by atoms with Crippen molar-refractivity contribution in [3.8, 4) is 0 Å². The predicted molar refractivity (Wildman–Crippen MR) is 68.9 cm³/mol. The van der Waals surface area contributed by atoms with Gasteiger partial charge in [0.15, 0.2) is 0 Å². The number of amides is 1. The molecule has 104 valence electrons. The van der Waals surface area contributed by atoms with Crippen molar-refractivity contribution >= 4 is 11.9 Å². The molecule has 19 heavy (non-hydrogen) atoms. The van der Waals surface area contributed by atoms with Gasteiger partial charge in [0, 0.05) is 19.5 Å². The number of carboxylic acid groups (broad SMARTS) is 1. The van der Waals surface area contributed by atoms with Crippen LogP contribution in [0.4, 0.5) is 0 Å². The van der Waals surface area contributed by atoms with Crippen LogP contribution in [0.25, 0.3) is 0 Å². The summed E-state index contributed by atoms with van der Waals surface area (Å²) in [4.78, 5) is 23.1. The molecule has 1 fully saturated rings. The average molecular weight is 265 g/mol. The van der Waals surface area contributed by atoms with Gasteiger partial charge in [-0.1, -0.05) is 0 Å². The molecule has 0 radical (unpaired) electrons. The summed E-state index contributed by atoms with van der Waals surface area (Å²) >= 11 is 0. The van der Waals surface area contributed by atoms with Crippen molar-refractivity contribution in [2.24, 2.45) is 12.5 Å². The molecule has 0 bridgehead atoms. The van der Waals surface area contributed by atoms with E-state index in [1.54, 1.807) is 24.7 Å². The number of hydrogen-bond acceptors (Lipinski definition) is 3. The van der Waals surface area contributed by atoms with Crippen LogP contribution in [0.3, 0.4) is 0 Å². The van der Waals surface area contributed by atoms with Crippen LogP contribution in [0, 0.1) is 5.41 Å². The minimum Gasteiger partial charge on any atom is -0.481 e. The lowest BCUT2D eigenvalue weighted by Crippen LogP contribution is -2.39. The van der Waals surface area contributed by atoms with Crippen molar-refractivity contribution in [3.05, 3.63) is 17.5 Å². The molecule has 1 aromatic heterocycles. The second-order valence-corrected chi connectivity index (χ2v) is 5.71. The summed E-state index contributed by atoms with van der Waals surface area (Å²) in [5, 5.41) is 15.8. The molecule has 0 aromatic carbocycles. The van der Waals surface area contributed by atoms with Gasteiger partial charge in [-0.3, -0.25) is 14.3 Å². The van der Waals surface area contributed by atoms with E-state index in [2.05, 4.69) is 10.4 Å². The molecule has 1 saturated carbocycles. The quantitative estimate of drug-likeness (QED) is 0.836. The summed E-state index contributed by atoms with van der Waals surface area (Å²) in [5.41, 5.74) is 0.536. The molecule has 1 aliphatic rings. The lowest BCUT2D eigenvalue weighted by Gasteiger charge is -2.19. The molecular weight excluding hydrogens is 246 g/mol. The number of aryl methyl sites for hydroxylation is 1. The van der Waals surface area contributed by atoms with Crippen LogP contribution in [0.5, 0.6) is 0 Å². The zero-order chi connectivity index (χ0) is 14.2. The maximum Gasteiger partial charge on any atom is 0.310 e. The minimum atomic E-state index is -0.975. The van der Waals surface area contributed by atoms with Gasteiger partial charge in [0.1, 0.15) is 0 Å². The number of hydrogen-bond donors (Lipinski definition) is 2. The van der Waals surface area contributed by atoms with E-state index >= 15 is 0 Å². The molecule has 0 saturated heterocycles. The van der Waals surface area contributed by atoms with Gasteiger partial charge >= 0.3 is 5.97 Å². The number of nitrogens with one attached hydrogen (secondary N) is 1. The molecule has 1 heterocycles. The van der Waals surface area contributed by atoms with Crippen molar-refractivity contribution < 1.29 is 14.7 Å². The zero-order valence-electron chi connectivity index (χ0n) is 11.4. The third-order valence-electron chi connectivity index (χ3n) is 3.46. The highest BCUT2D eigenvalue weighted by molar-refractivity contribution is 5.95. The van der Waals surface area contributed by atoms with Crippen LogP contribution in [-0.4, -0.2) is 33.3 Å². The Hall–Kier alpha value is -1.85. The fourth-order valence-electron chi connectivity index (χ4n) is 1.93. The molecule has 0 unspecified atom stereocenters. The number of rotatable bonds is 5. The third kappa shape index (κ3) is 2.77. The topological polar surface area (TPSA) is 84.2 Å². The Morgan fingerprint density at radius 2 is 2.16 bits per heavy atom. The first kappa shape index (κ1) is 13.6. The standard InChI is InChI=1S/C13H19N3O3/c1-13(2,12(18)19)7-14-11(17)9-6-15-16(3)10(9)8-4-5-8/h6,8H,4-5,7H2,1-3H3,(H,14,17)(H,18,19). The van der Waals surface area contributed by atoms with E-state index in [1.807, 2.05) is 7.05 Å².